The van der Waals surface area contributed by atoms with Crippen molar-refractivity contribution < 1.29 is 19.2 Å². The van der Waals surface area contributed by atoms with E-state index < -0.39 is 17.9 Å². The summed E-state index contributed by atoms with van der Waals surface area (Å²) in [6.45, 7) is 4.10. The lowest BCUT2D eigenvalue weighted by atomic mass is 9.92. The van der Waals surface area contributed by atoms with Crippen LogP contribution in [0, 0.1) is 5.92 Å². The first kappa shape index (κ1) is 15.6. The van der Waals surface area contributed by atoms with Crippen LogP contribution in [0.25, 0.3) is 0 Å². The first-order valence-corrected chi connectivity index (χ1v) is 7.94. The number of imide groups is 1. The van der Waals surface area contributed by atoms with Gasteiger partial charge < -0.3 is 0 Å². The second-order valence-corrected chi connectivity index (χ2v) is 6.65. The zero-order valence-corrected chi connectivity index (χ0v) is 13.3. The summed E-state index contributed by atoms with van der Waals surface area (Å²) < 4.78 is 0. The molecule has 0 spiro atoms. The molecule has 0 saturated heterocycles. The topological polar surface area (TPSA) is 71.5 Å². The van der Waals surface area contributed by atoms with Crippen molar-refractivity contribution in [3.8, 4) is 0 Å². The van der Waals surface area contributed by atoms with Gasteiger partial charge in [0.1, 0.15) is 5.78 Å². The number of Topliss-reactive ketones (excluding diaryl/α,β-unsaturated/α-hetero) is 2. The molecule has 2 aliphatic rings. The van der Waals surface area contributed by atoms with Gasteiger partial charge in [-0.25, -0.2) is 0 Å². The number of carbonyl (C=O) groups is 4. The van der Waals surface area contributed by atoms with Gasteiger partial charge in [0, 0.05) is 6.42 Å². The molecule has 23 heavy (non-hydrogen) atoms. The molecule has 1 atom stereocenters. The molecule has 1 unspecified atom stereocenters. The highest BCUT2D eigenvalue weighted by Crippen LogP contribution is 2.31. The summed E-state index contributed by atoms with van der Waals surface area (Å²) in [5.41, 5.74) is 1.64. The normalized spacial score (nSPS) is 21.3. The summed E-state index contributed by atoms with van der Waals surface area (Å²) in [5, 5.41) is 0. The van der Waals surface area contributed by atoms with E-state index in [9.17, 15) is 19.2 Å². The molecule has 0 aromatic heterocycles. The highest BCUT2D eigenvalue weighted by atomic mass is 16.2. The number of hydrogen-bond acceptors (Lipinski definition) is 4. The van der Waals surface area contributed by atoms with E-state index in [1.54, 1.807) is 12.1 Å². The van der Waals surface area contributed by atoms with Crippen LogP contribution < -0.4 is 0 Å². The number of benzene rings is 1. The van der Waals surface area contributed by atoms with E-state index in [0.29, 0.717) is 23.5 Å². The molecule has 1 aliphatic heterocycles. The zero-order valence-electron chi connectivity index (χ0n) is 13.3. The van der Waals surface area contributed by atoms with Gasteiger partial charge in [-0.05, 0) is 30.4 Å². The smallest absolute Gasteiger partial charge is 0.262 e. The van der Waals surface area contributed by atoms with Crippen LogP contribution in [0.4, 0.5) is 0 Å². The Balaban J connectivity index is 1.98. The summed E-state index contributed by atoms with van der Waals surface area (Å²) in [6.07, 6.45) is 0.995. The largest absolute Gasteiger partial charge is 0.299 e. The molecule has 120 valence electrons. The quantitative estimate of drug-likeness (QED) is 0.633. The third kappa shape index (κ3) is 2.60. The Bertz CT molecular complexity index is 720. The Morgan fingerprint density at radius 1 is 1.13 bits per heavy atom. The number of hydrogen-bond donors (Lipinski definition) is 0. The minimum atomic E-state index is -0.799. The molecule has 1 aromatic carbocycles. The molecule has 1 saturated carbocycles. The summed E-state index contributed by atoms with van der Waals surface area (Å²) in [5.74, 6) is -0.908. The van der Waals surface area contributed by atoms with Crippen LogP contribution in [0.5, 0.6) is 0 Å². The number of fused-ring (bicyclic) bond motifs is 1. The van der Waals surface area contributed by atoms with E-state index in [2.05, 4.69) is 13.8 Å². The molecule has 0 bridgehead atoms. The van der Waals surface area contributed by atoms with Crippen molar-refractivity contribution >= 4 is 23.4 Å². The summed E-state index contributed by atoms with van der Waals surface area (Å²) in [7, 11) is 0. The Hall–Kier alpha value is -2.30. The number of amides is 2. The van der Waals surface area contributed by atoms with E-state index in [4.69, 9.17) is 0 Å². The number of ketones is 2. The second kappa shape index (κ2) is 5.72. The van der Waals surface area contributed by atoms with Gasteiger partial charge in [-0.3, -0.25) is 24.1 Å². The molecule has 2 amide bonds. The Kier molecular flexibility index (Phi) is 3.88. The minimum Gasteiger partial charge on any atom is -0.299 e. The summed E-state index contributed by atoms with van der Waals surface area (Å²) in [4.78, 5) is 50.0. The zero-order chi connectivity index (χ0) is 16.7. The molecule has 5 heteroatoms. The predicted molar refractivity (Wildman–Crippen MR) is 83.1 cm³/mol. The molecule has 1 aliphatic carbocycles. The van der Waals surface area contributed by atoms with E-state index in [-0.39, 0.29) is 30.8 Å². The third-order valence-electron chi connectivity index (χ3n) is 4.41. The second-order valence-electron chi connectivity index (χ2n) is 6.65. The Morgan fingerprint density at radius 3 is 2.52 bits per heavy atom. The van der Waals surface area contributed by atoms with Crippen LogP contribution >= 0.6 is 0 Å². The highest BCUT2D eigenvalue weighted by molar-refractivity contribution is 6.24. The van der Waals surface area contributed by atoms with Gasteiger partial charge in [-0.15, -0.1) is 0 Å². The SMILES string of the molecule is CC(C)Cc1cccc2c1C(=O)N(C1CCC(=O)CC1=O)C2=O. The first-order chi connectivity index (χ1) is 10.9. The van der Waals surface area contributed by atoms with Gasteiger partial charge in [0.25, 0.3) is 11.8 Å². The molecule has 1 heterocycles. The maximum atomic E-state index is 12.8. The van der Waals surface area contributed by atoms with E-state index in [0.717, 1.165) is 10.5 Å². The maximum Gasteiger partial charge on any atom is 0.262 e. The lowest BCUT2D eigenvalue weighted by Gasteiger charge is -2.27. The average molecular weight is 313 g/mol. The number of rotatable bonds is 3. The minimum absolute atomic E-state index is 0.122. The fourth-order valence-corrected chi connectivity index (χ4v) is 3.40. The molecule has 3 rings (SSSR count). The summed E-state index contributed by atoms with van der Waals surface area (Å²) >= 11 is 0. The van der Waals surface area contributed by atoms with Crippen LogP contribution in [0.15, 0.2) is 18.2 Å². The molecule has 1 aromatic rings. The van der Waals surface area contributed by atoms with E-state index in [1.165, 1.54) is 0 Å². The van der Waals surface area contributed by atoms with Gasteiger partial charge in [0.2, 0.25) is 0 Å². The van der Waals surface area contributed by atoms with E-state index >= 15 is 0 Å². The maximum absolute atomic E-state index is 12.8. The van der Waals surface area contributed by atoms with Crippen molar-refractivity contribution in [2.45, 2.75) is 45.6 Å². The van der Waals surface area contributed by atoms with E-state index in [1.807, 2.05) is 6.07 Å². The van der Waals surface area contributed by atoms with Crippen LogP contribution in [0.1, 0.15) is 59.4 Å². The summed E-state index contributed by atoms with van der Waals surface area (Å²) in [6, 6.07) is 4.47. The average Bonchev–Trinajstić information content (AvgIpc) is 2.72. The van der Waals surface area contributed by atoms with Crippen molar-refractivity contribution in [3.63, 3.8) is 0 Å². The predicted octanol–water partition coefficient (Wildman–Crippen LogP) is 2.17. The highest BCUT2D eigenvalue weighted by Gasteiger charge is 2.45. The van der Waals surface area contributed by atoms with Crippen molar-refractivity contribution in [2.75, 3.05) is 0 Å². The fraction of sp³-hybridized carbons (Fsp3) is 0.444. The van der Waals surface area contributed by atoms with Gasteiger partial charge in [0.05, 0.1) is 23.6 Å². The van der Waals surface area contributed by atoms with Crippen LogP contribution in [-0.2, 0) is 16.0 Å². The van der Waals surface area contributed by atoms with Crippen molar-refractivity contribution in [1.29, 1.82) is 0 Å². The lowest BCUT2D eigenvalue weighted by Crippen LogP contribution is -2.47. The molecule has 0 radical (unpaired) electrons. The molecular weight excluding hydrogens is 294 g/mol. The van der Waals surface area contributed by atoms with Gasteiger partial charge in [-0.1, -0.05) is 26.0 Å². The molecule has 1 fully saturated rings. The molecule has 0 N–H and O–H groups in total. The Morgan fingerprint density at radius 2 is 1.87 bits per heavy atom. The van der Waals surface area contributed by atoms with Gasteiger partial charge in [-0.2, -0.15) is 0 Å². The van der Waals surface area contributed by atoms with Gasteiger partial charge >= 0.3 is 0 Å². The molecular formula is C18H19NO4. The fourth-order valence-electron chi connectivity index (χ4n) is 3.40. The first-order valence-electron chi connectivity index (χ1n) is 7.94. The van der Waals surface area contributed by atoms with Gasteiger partial charge in [0.15, 0.2) is 5.78 Å². The van der Waals surface area contributed by atoms with Crippen molar-refractivity contribution in [2.24, 2.45) is 5.92 Å². The third-order valence-corrected chi connectivity index (χ3v) is 4.41. The van der Waals surface area contributed by atoms with Crippen LogP contribution in [0.3, 0.4) is 0 Å². The number of carbonyl (C=O) groups excluding carboxylic acids is 4. The number of nitrogens with zero attached hydrogens (tertiary/aromatic N) is 1. The van der Waals surface area contributed by atoms with Crippen molar-refractivity contribution in [1.82, 2.24) is 4.90 Å². The Labute approximate surface area is 134 Å². The monoisotopic (exact) mass is 313 g/mol. The van der Waals surface area contributed by atoms with Crippen LogP contribution in [-0.4, -0.2) is 34.3 Å². The molecule has 5 nitrogen and oxygen atoms in total. The van der Waals surface area contributed by atoms with Crippen molar-refractivity contribution in [3.05, 3.63) is 34.9 Å². The standard InChI is InChI=1S/C18H19NO4/c1-10(2)8-11-4-3-5-13-16(11)18(23)19(17(13)22)14-7-6-12(20)9-15(14)21/h3-5,10,14H,6-9H2,1-2H3. The van der Waals surface area contributed by atoms with Crippen LogP contribution in [0.2, 0.25) is 0 Å². The lowest BCUT2D eigenvalue weighted by molar-refractivity contribution is -0.132.